The Balaban J connectivity index is 1.59. The smallest absolute Gasteiger partial charge is 0.437 e. The third kappa shape index (κ3) is 5.20. The van der Waals surface area contributed by atoms with Gasteiger partial charge in [-0.3, -0.25) is 4.79 Å². The van der Waals surface area contributed by atoms with Gasteiger partial charge < -0.3 is 24.2 Å². The van der Waals surface area contributed by atoms with Gasteiger partial charge in [-0.25, -0.2) is 4.79 Å². The largest absolute Gasteiger partial charge is 0.493 e. The van der Waals surface area contributed by atoms with E-state index < -0.39 is 17.8 Å². The van der Waals surface area contributed by atoms with Crippen molar-refractivity contribution in [2.45, 2.75) is 38.8 Å². The van der Waals surface area contributed by atoms with Crippen molar-refractivity contribution < 1.29 is 37.1 Å². The van der Waals surface area contributed by atoms with E-state index in [2.05, 4.69) is 5.16 Å². The molecule has 2 amide bonds. The lowest BCUT2D eigenvalue weighted by Gasteiger charge is -2.18. The van der Waals surface area contributed by atoms with Crippen LogP contribution in [0.5, 0.6) is 5.75 Å². The van der Waals surface area contributed by atoms with E-state index in [1.165, 1.54) is 17.0 Å². The minimum absolute atomic E-state index is 0.0791. The second-order valence-corrected chi connectivity index (χ2v) is 7.30. The molecule has 170 valence electrons. The van der Waals surface area contributed by atoms with Crippen molar-refractivity contribution in [3.63, 3.8) is 0 Å². The summed E-state index contributed by atoms with van der Waals surface area (Å²) in [5.41, 5.74) is -0.429. The molecule has 0 atom stereocenters. The molecular formula is C20H24F3N3O5. The van der Waals surface area contributed by atoms with Crippen LogP contribution in [0.2, 0.25) is 0 Å². The first-order valence-electron chi connectivity index (χ1n) is 10.1. The number of hydrogen-bond donors (Lipinski definition) is 1. The predicted molar refractivity (Wildman–Crippen MR) is 104 cm³/mol. The number of aromatic nitrogens is 1. The SMILES string of the molecule is CCCc1c(OCCCN2CCN(CCC(=O)O)C2=O)ccc2c(C(F)(F)F)noc12. The van der Waals surface area contributed by atoms with Crippen LogP contribution < -0.4 is 4.74 Å². The molecule has 0 saturated carbocycles. The number of carboxylic acids is 1. The van der Waals surface area contributed by atoms with E-state index in [4.69, 9.17) is 14.4 Å². The van der Waals surface area contributed by atoms with Gasteiger partial charge in [-0.1, -0.05) is 18.5 Å². The first kappa shape index (κ1) is 22.7. The Bertz CT molecular complexity index is 944. The molecule has 1 aromatic heterocycles. The van der Waals surface area contributed by atoms with E-state index in [1.54, 1.807) is 4.90 Å². The van der Waals surface area contributed by atoms with Crippen LogP contribution in [0.15, 0.2) is 16.7 Å². The van der Waals surface area contributed by atoms with Crippen LogP contribution >= 0.6 is 0 Å². The summed E-state index contributed by atoms with van der Waals surface area (Å²) in [6, 6.07) is 2.60. The predicted octanol–water partition coefficient (Wildman–Crippen LogP) is 3.78. The Labute approximate surface area is 176 Å². The highest BCUT2D eigenvalue weighted by atomic mass is 19.4. The summed E-state index contributed by atoms with van der Waals surface area (Å²) in [7, 11) is 0. The van der Waals surface area contributed by atoms with Gasteiger partial charge in [-0.15, -0.1) is 0 Å². The number of halogens is 3. The first-order chi connectivity index (χ1) is 14.7. The Morgan fingerprint density at radius 2 is 1.97 bits per heavy atom. The molecule has 11 heteroatoms. The Morgan fingerprint density at radius 3 is 2.61 bits per heavy atom. The number of aryl methyl sites for hydroxylation is 1. The maximum atomic E-state index is 13.1. The van der Waals surface area contributed by atoms with Crippen molar-refractivity contribution in [1.82, 2.24) is 15.0 Å². The molecule has 1 fully saturated rings. The van der Waals surface area contributed by atoms with Crippen LogP contribution in [0.25, 0.3) is 11.0 Å². The van der Waals surface area contributed by atoms with E-state index in [-0.39, 0.29) is 36.6 Å². The molecule has 1 saturated heterocycles. The van der Waals surface area contributed by atoms with Crippen molar-refractivity contribution >= 4 is 23.0 Å². The lowest BCUT2D eigenvalue weighted by Crippen LogP contribution is -2.34. The van der Waals surface area contributed by atoms with Gasteiger partial charge in [0.2, 0.25) is 0 Å². The van der Waals surface area contributed by atoms with Gasteiger partial charge in [0.05, 0.1) is 18.4 Å². The van der Waals surface area contributed by atoms with Crippen LogP contribution in [-0.4, -0.2) is 64.8 Å². The normalized spacial score (nSPS) is 14.6. The van der Waals surface area contributed by atoms with Crippen molar-refractivity contribution in [2.75, 3.05) is 32.8 Å². The minimum Gasteiger partial charge on any atom is -0.493 e. The molecule has 0 radical (unpaired) electrons. The van der Waals surface area contributed by atoms with Gasteiger partial charge in [0.25, 0.3) is 0 Å². The molecule has 0 aliphatic carbocycles. The van der Waals surface area contributed by atoms with Gasteiger partial charge in [-0.05, 0) is 25.0 Å². The number of benzene rings is 1. The topological polar surface area (TPSA) is 96.1 Å². The maximum Gasteiger partial charge on any atom is 0.437 e. The van der Waals surface area contributed by atoms with E-state index >= 15 is 0 Å². The van der Waals surface area contributed by atoms with Crippen LogP contribution in [-0.2, 0) is 17.4 Å². The molecule has 2 aromatic rings. The summed E-state index contributed by atoms with van der Waals surface area (Å²) in [5, 5.41) is 11.9. The summed E-state index contributed by atoms with van der Waals surface area (Å²) in [5.74, 6) is -0.510. The molecule has 0 bridgehead atoms. The molecule has 2 heterocycles. The number of ether oxygens (including phenoxy) is 1. The molecule has 1 aliphatic heterocycles. The summed E-state index contributed by atoms with van der Waals surface area (Å²) < 4.78 is 50.1. The number of carbonyl (C=O) groups is 2. The summed E-state index contributed by atoms with van der Waals surface area (Å²) in [4.78, 5) is 26.1. The zero-order valence-corrected chi connectivity index (χ0v) is 17.1. The van der Waals surface area contributed by atoms with Gasteiger partial charge in [0.15, 0.2) is 11.3 Å². The molecule has 0 unspecified atom stereocenters. The Morgan fingerprint density at radius 1 is 1.26 bits per heavy atom. The molecule has 31 heavy (non-hydrogen) atoms. The Hall–Kier alpha value is -2.98. The van der Waals surface area contributed by atoms with Gasteiger partial charge in [0.1, 0.15) is 5.75 Å². The number of amides is 2. The number of carbonyl (C=O) groups excluding carboxylic acids is 1. The average Bonchev–Trinajstić information content (AvgIpc) is 3.29. The Kier molecular flexibility index (Phi) is 6.91. The number of nitrogens with zero attached hydrogens (tertiary/aromatic N) is 3. The third-order valence-electron chi connectivity index (χ3n) is 5.08. The van der Waals surface area contributed by atoms with E-state index in [0.717, 1.165) is 0 Å². The van der Waals surface area contributed by atoms with E-state index in [0.29, 0.717) is 50.2 Å². The number of hydrogen-bond acceptors (Lipinski definition) is 5. The highest BCUT2D eigenvalue weighted by Crippen LogP contribution is 2.38. The molecule has 1 N–H and O–H groups in total. The highest BCUT2D eigenvalue weighted by Gasteiger charge is 2.37. The monoisotopic (exact) mass is 443 g/mol. The van der Waals surface area contributed by atoms with Crippen molar-refractivity contribution in [2.24, 2.45) is 0 Å². The van der Waals surface area contributed by atoms with Crippen molar-refractivity contribution in [1.29, 1.82) is 0 Å². The van der Waals surface area contributed by atoms with Crippen molar-refractivity contribution in [3.05, 3.63) is 23.4 Å². The van der Waals surface area contributed by atoms with Crippen LogP contribution in [0, 0.1) is 0 Å². The molecule has 3 rings (SSSR count). The number of urea groups is 1. The molecule has 1 aromatic carbocycles. The summed E-state index contributed by atoms with van der Waals surface area (Å²) in [6.07, 6.45) is -3.01. The maximum absolute atomic E-state index is 13.1. The second kappa shape index (κ2) is 9.44. The van der Waals surface area contributed by atoms with E-state index in [1.807, 2.05) is 6.92 Å². The van der Waals surface area contributed by atoms with Crippen LogP contribution in [0.4, 0.5) is 18.0 Å². The van der Waals surface area contributed by atoms with Crippen LogP contribution in [0.3, 0.4) is 0 Å². The summed E-state index contributed by atoms with van der Waals surface area (Å²) >= 11 is 0. The average molecular weight is 443 g/mol. The van der Waals surface area contributed by atoms with E-state index in [9.17, 15) is 22.8 Å². The number of rotatable bonds is 10. The first-order valence-corrected chi connectivity index (χ1v) is 10.1. The quantitative estimate of drug-likeness (QED) is 0.562. The highest BCUT2D eigenvalue weighted by molar-refractivity contribution is 5.85. The number of carboxylic acid groups (broad SMARTS) is 1. The van der Waals surface area contributed by atoms with Gasteiger partial charge >= 0.3 is 18.2 Å². The van der Waals surface area contributed by atoms with Gasteiger partial charge in [0, 0.05) is 31.7 Å². The lowest BCUT2D eigenvalue weighted by molar-refractivity contribution is -0.141. The molecule has 8 nitrogen and oxygen atoms in total. The molecular weight excluding hydrogens is 419 g/mol. The lowest BCUT2D eigenvalue weighted by atomic mass is 10.0. The fraction of sp³-hybridized carbons (Fsp3) is 0.550. The fourth-order valence-electron chi connectivity index (χ4n) is 3.58. The molecule has 0 spiro atoms. The minimum atomic E-state index is -4.60. The molecule has 1 aliphatic rings. The van der Waals surface area contributed by atoms with Gasteiger partial charge in [-0.2, -0.15) is 13.2 Å². The zero-order valence-electron chi connectivity index (χ0n) is 17.1. The third-order valence-corrected chi connectivity index (χ3v) is 5.08. The number of alkyl halides is 3. The number of fused-ring (bicyclic) bond motifs is 1. The van der Waals surface area contributed by atoms with Crippen LogP contribution in [0.1, 0.15) is 37.4 Å². The second-order valence-electron chi connectivity index (χ2n) is 7.30. The van der Waals surface area contributed by atoms with Crippen molar-refractivity contribution in [3.8, 4) is 5.75 Å². The number of aliphatic carboxylic acids is 1. The fourth-order valence-corrected chi connectivity index (χ4v) is 3.58. The summed E-state index contributed by atoms with van der Waals surface area (Å²) in [6.45, 7) is 3.79. The standard InChI is InChI=1S/C20H24F3N3O5/c1-2-4-13-15(6-5-14-17(13)31-24-18(14)20(21,22)23)30-12-3-8-25-10-11-26(19(25)29)9-7-16(27)28/h5-6H,2-4,7-12H2,1H3,(H,27,28). The zero-order chi connectivity index (χ0) is 22.6.